The second kappa shape index (κ2) is 9.14. The van der Waals surface area contributed by atoms with Gasteiger partial charge in [-0.05, 0) is 24.8 Å². The zero-order valence-electron chi connectivity index (χ0n) is 15.8. The number of piperidine rings is 1. The van der Waals surface area contributed by atoms with Gasteiger partial charge in [0.25, 0.3) is 5.91 Å². The first-order valence-electron chi connectivity index (χ1n) is 9.55. The highest BCUT2D eigenvalue weighted by molar-refractivity contribution is 7.88. The summed E-state index contributed by atoms with van der Waals surface area (Å²) in [5.41, 5.74) is 1.22. The van der Waals surface area contributed by atoms with E-state index in [9.17, 15) is 13.2 Å². The molecule has 27 heavy (non-hydrogen) atoms. The summed E-state index contributed by atoms with van der Waals surface area (Å²) in [6, 6.07) is 10.1. The summed E-state index contributed by atoms with van der Waals surface area (Å²) in [6.45, 7) is 3.63. The summed E-state index contributed by atoms with van der Waals surface area (Å²) in [6.07, 6.45) is 3.43. The first-order chi connectivity index (χ1) is 12.9. The van der Waals surface area contributed by atoms with Crippen LogP contribution in [-0.4, -0.2) is 75.3 Å². The molecule has 2 fully saturated rings. The van der Waals surface area contributed by atoms with Crippen molar-refractivity contribution in [1.82, 2.24) is 14.5 Å². The number of nitrogens with zero attached hydrogens (tertiary/aromatic N) is 2. The topological polar surface area (TPSA) is 79.0 Å². The van der Waals surface area contributed by atoms with E-state index in [0.29, 0.717) is 19.7 Å². The number of morpholine rings is 1. The molecule has 1 aromatic carbocycles. The van der Waals surface area contributed by atoms with Gasteiger partial charge < -0.3 is 9.64 Å². The number of sulfonamides is 1. The van der Waals surface area contributed by atoms with Crippen LogP contribution in [-0.2, 0) is 26.1 Å². The van der Waals surface area contributed by atoms with Gasteiger partial charge in [0.15, 0.2) is 0 Å². The van der Waals surface area contributed by atoms with Crippen LogP contribution in [0.1, 0.15) is 24.8 Å². The van der Waals surface area contributed by atoms with Gasteiger partial charge in [-0.2, -0.15) is 0 Å². The van der Waals surface area contributed by atoms with Gasteiger partial charge in [-0.25, -0.2) is 13.1 Å². The van der Waals surface area contributed by atoms with Crippen molar-refractivity contribution in [1.29, 1.82) is 0 Å². The largest absolute Gasteiger partial charge is 0.366 e. The van der Waals surface area contributed by atoms with E-state index >= 15 is 0 Å². The molecule has 150 valence electrons. The van der Waals surface area contributed by atoms with E-state index in [4.69, 9.17) is 4.74 Å². The minimum absolute atomic E-state index is 0.0206. The summed E-state index contributed by atoms with van der Waals surface area (Å²) >= 11 is 0. The van der Waals surface area contributed by atoms with E-state index in [1.807, 2.05) is 23.1 Å². The Labute approximate surface area is 161 Å². The average molecular weight is 396 g/mol. The van der Waals surface area contributed by atoms with Crippen LogP contribution < -0.4 is 4.72 Å². The SMILES string of the molecule is CS(=O)(=O)NCC1CCCCN1C(=O)C1CN(Cc2ccccc2)CCO1. The molecule has 2 saturated heterocycles. The summed E-state index contributed by atoms with van der Waals surface area (Å²) < 4.78 is 31.2. The second-order valence-corrected chi connectivity index (χ2v) is 9.22. The van der Waals surface area contributed by atoms with E-state index in [0.717, 1.165) is 38.6 Å². The fraction of sp³-hybridized carbons (Fsp3) is 0.632. The van der Waals surface area contributed by atoms with Crippen molar-refractivity contribution in [2.24, 2.45) is 0 Å². The van der Waals surface area contributed by atoms with E-state index in [2.05, 4.69) is 21.8 Å². The average Bonchev–Trinajstić information content (AvgIpc) is 2.66. The van der Waals surface area contributed by atoms with E-state index in [1.54, 1.807) is 0 Å². The highest BCUT2D eigenvalue weighted by Gasteiger charge is 2.35. The smallest absolute Gasteiger partial charge is 0.253 e. The molecule has 2 aliphatic heterocycles. The number of carbonyl (C=O) groups excluding carboxylic acids is 1. The van der Waals surface area contributed by atoms with E-state index in [1.165, 1.54) is 5.56 Å². The van der Waals surface area contributed by atoms with Crippen molar-refractivity contribution in [3.63, 3.8) is 0 Å². The molecule has 7 nitrogen and oxygen atoms in total. The zero-order valence-corrected chi connectivity index (χ0v) is 16.7. The monoisotopic (exact) mass is 395 g/mol. The van der Waals surface area contributed by atoms with Crippen LogP contribution in [0.3, 0.4) is 0 Å². The second-order valence-electron chi connectivity index (χ2n) is 7.38. The summed E-state index contributed by atoms with van der Waals surface area (Å²) in [5.74, 6) is -0.0206. The van der Waals surface area contributed by atoms with Crippen molar-refractivity contribution >= 4 is 15.9 Å². The van der Waals surface area contributed by atoms with Crippen LogP contribution in [0.4, 0.5) is 0 Å². The maximum atomic E-state index is 13.1. The molecule has 1 aromatic rings. The van der Waals surface area contributed by atoms with Crippen molar-refractivity contribution in [3.05, 3.63) is 35.9 Å². The lowest BCUT2D eigenvalue weighted by Crippen LogP contribution is -2.56. The third kappa shape index (κ3) is 6.00. The van der Waals surface area contributed by atoms with Crippen molar-refractivity contribution in [3.8, 4) is 0 Å². The maximum absolute atomic E-state index is 13.1. The van der Waals surface area contributed by atoms with Gasteiger partial charge in [0.05, 0.1) is 12.9 Å². The molecular formula is C19H29N3O4S. The lowest BCUT2D eigenvalue weighted by Gasteiger charge is -2.40. The van der Waals surface area contributed by atoms with Gasteiger partial charge in [-0.1, -0.05) is 30.3 Å². The minimum Gasteiger partial charge on any atom is -0.366 e. The molecule has 8 heteroatoms. The fourth-order valence-corrected chi connectivity index (χ4v) is 4.27. The van der Waals surface area contributed by atoms with Crippen LogP contribution in [0, 0.1) is 0 Å². The molecule has 2 heterocycles. The first kappa shape index (κ1) is 20.3. The molecule has 0 saturated carbocycles. The quantitative estimate of drug-likeness (QED) is 0.771. The normalized spacial score (nSPS) is 24.7. The van der Waals surface area contributed by atoms with Crippen LogP contribution >= 0.6 is 0 Å². The number of benzene rings is 1. The van der Waals surface area contributed by atoms with E-state index < -0.39 is 16.1 Å². The number of hydrogen-bond donors (Lipinski definition) is 1. The Bertz CT molecular complexity index is 726. The molecule has 0 aliphatic carbocycles. The molecular weight excluding hydrogens is 366 g/mol. The molecule has 2 unspecified atom stereocenters. The Balaban J connectivity index is 1.60. The van der Waals surface area contributed by atoms with Crippen molar-refractivity contribution < 1.29 is 17.9 Å². The number of amides is 1. The number of likely N-dealkylation sites (tertiary alicyclic amines) is 1. The summed E-state index contributed by atoms with van der Waals surface area (Å²) in [5, 5.41) is 0. The lowest BCUT2D eigenvalue weighted by atomic mass is 10.0. The minimum atomic E-state index is -3.27. The van der Waals surface area contributed by atoms with Gasteiger partial charge in [-0.15, -0.1) is 0 Å². The Hall–Kier alpha value is -1.48. The number of rotatable bonds is 6. The zero-order chi connectivity index (χ0) is 19.3. The fourth-order valence-electron chi connectivity index (χ4n) is 3.77. The van der Waals surface area contributed by atoms with Gasteiger partial charge in [0, 0.05) is 38.8 Å². The molecule has 3 rings (SSSR count). The predicted molar refractivity (Wildman–Crippen MR) is 104 cm³/mol. The molecule has 2 atom stereocenters. The Morgan fingerprint density at radius 1 is 1.22 bits per heavy atom. The number of carbonyl (C=O) groups is 1. The number of nitrogens with one attached hydrogen (secondary N) is 1. The molecule has 0 spiro atoms. The van der Waals surface area contributed by atoms with Crippen molar-refractivity contribution in [2.75, 3.05) is 39.0 Å². The molecule has 1 N–H and O–H groups in total. The molecule has 2 aliphatic rings. The first-order valence-corrected chi connectivity index (χ1v) is 11.4. The van der Waals surface area contributed by atoms with Crippen LogP contribution in [0.2, 0.25) is 0 Å². The van der Waals surface area contributed by atoms with E-state index in [-0.39, 0.29) is 18.5 Å². The lowest BCUT2D eigenvalue weighted by molar-refractivity contribution is -0.153. The third-order valence-corrected chi connectivity index (χ3v) is 5.86. The maximum Gasteiger partial charge on any atom is 0.253 e. The summed E-state index contributed by atoms with van der Waals surface area (Å²) in [4.78, 5) is 17.1. The van der Waals surface area contributed by atoms with Crippen LogP contribution in [0.25, 0.3) is 0 Å². The standard InChI is InChI=1S/C19H29N3O4S/c1-27(24,25)20-13-17-9-5-6-10-22(17)19(23)18-15-21(11-12-26-18)14-16-7-3-2-4-8-16/h2-4,7-8,17-18,20H,5-6,9-15H2,1H3. The van der Waals surface area contributed by atoms with Crippen LogP contribution in [0.5, 0.6) is 0 Å². The highest BCUT2D eigenvalue weighted by Crippen LogP contribution is 2.20. The third-order valence-electron chi connectivity index (χ3n) is 5.17. The Kier molecular flexibility index (Phi) is 6.86. The predicted octanol–water partition coefficient (Wildman–Crippen LogP) is 0.818. The molecule has 1 amide bonds. The molecule has 0 radical (unpaired) electrons. The number of ether oxygens (including phenoxy) is 1. The number of hydrogen-bond acceptors (Lipinski definition) is 5. The highest BCUT2D eigenvalue weighted by atomic mass is 32.2. The van der Waals surface area contributed by atoms with Crippen LogP contribution in [0.15, 0.2) is 30.3 Å². The molecule has 0 aromatic heterocycles. The summed E-state index contributed by atoms with van der Waals surface area (Å²) in [7, 11) is -3.27. The van der Waals surface area contributed by atoms with Gasteiger partial charge in [0.2, 0.25) is 10.0 Å². The van der Waals surface area contributed by atoms with Crippen molar-refractivity contribution in [2.45, 2.75) is 38.0 Å². The van der Waals surface area contributed by atoms with Gasteiger partial charge in [-0.3, -0.25) is 9.69 Å². The Morgan fingerprint density at radius 2 is 2.00 bits per heavy atom. The molecule has 0 bridgehead atoms. The van der Waals surface area contributed by atoms with Gasteiger partial charge in [0.1, 0.15) is 6.10 Å². The van der Waals surface area contributed by atoms with Gasteiger partial charge >= 0.3 is 0 Å². The Morgan fingerprint density at radius 3 is 2.74 bits per heavy atom.